The maximum atomic E-state index is 12.0. The Morgan fingerprint density at radius 2 is 1.38 bits per heavy atom. The van der Waals surface area contributed by atoms with Crippen LogP contribution in [0.15, 0.2) is 0 Å². The minimum atomic E-state index is -3.11. The first-order chi connectivity index (χ1) is 9.69. The van der Waals surface area contributed by atoms with Crippen molar-refractivity contribution in [3.05, 3.63) is 0 Å². The largest absolute Gasteiger partial charge is 0.339 e. The molecular weight excluding hydrogens is 294 g/mol. The summed E-state index contributed by atoms with van der Waals surface area (Å²) in [4.78, 5) is 29.2. The highest BCUT2D eigenvalue weighted by Crippen LogP contribution is 2.06. The van der Waals surface area contributed by atoms with Gasteiger partial charge in [0.1, 0.15) is 9.84 Å². The fraction of sp³-hybridized carbons (Fsp3) is 0.846. The lowest BCUT2D eigenvalue weighted by Gasteiger charge is -2.35. The van der Waals surface area contributed by atoms with Gasteiger partial charge in [0.2, 0.25) is 11.8 Å². The van der Waals surface area contributed by atoms with Gasteiger partial charge in [0.05, 0.1) is 5.75 Å². The Bertz CT molecular complexity index is 468. The molecule has 8 heteroatoms. The summed E-state index contributed by atoms with van der Waals surface area (Å²) in [6.45, 7) is 2.73. The average Bonchev–Trinajstić information content (AvgIpc) is 2.41. The van der Waals surface area contributed by atoms with Gasteiger partial charge >= 0.3 is 0 Å². The molecule has 122 valence electrons. The summed E-state index contributed by atoms with van der Waals surface area (Å²) in [7, 11) is 0.730. The van der Waals surface area contributed by atoms with Crippen molar-refractivity contribution in [2.24, 2.45) is 0 Å². The Balaban J connectivity index is 2.34. The van der Waals surface area contributed by atoms with Gasteiger partial charge in [-0.05, 0) is 14.1 Å². The zero-order valence-electron chi connectivity index (χ0n) is 13.0. The van der Waals surface area contributed by atoms with E-state index in [0.717, 1.165) is 6.26 Å². The molecule has 21 heavy (non-hydrogen) atoms. The quantitative estimate of drug-likeness (QED) is 0.630. The van der Waals surface area contributed by atoms with E-state index in [1.54, 1.807) is 9.80 Å². The molecule has 0 aliphatic carbocycles. The molecule has 1 rings (SSSR count). The van der Waals surface area contributed by atoms with Crippen LogP contribution in [-0.2, 0) is 19.4 Å². The van der Waals surface area contributed by atoms with Crippen LogP contribution in [0, 0.1) is 0 Å². The third-order valence-electron chi connectivity index (χ3n) is 3.44. The fourth-order valence-corrected chi connectivity index (χ4v) is 2.66. The van der Waals surface area contributed by atoms with Crippen molar-refractivity contribution >= 4 is 21.7 Å². The molecular formula is C13H25N3O4S. The third-order valence-corrected chi connectivity index (χ3v) is 4.39. The Morgan fingerprint density at radius 3 is 1.76 bits per heavy atom. The topological polar surface area (TPSA) is 78.0 Å². The molecule has 0 bridgehead atoms. The Labute approximate surface area is 126 Å². The summed E-state index contributed by atoms with van der Waals surface area (Å²) in [5, 5.41) is 0. The molecule has 7 nitrogen and oxygen atoms in total. The summed E-state index contributed by atoms with van der Waals surface area (Å²) in [6.07, 6.45) is 1.63. The summed E-state index contributed by atoms with van der Waals surface area (Å²) in [5.41, 5.74) is 0. The molecule has 0 radical (unpaired) electrons. The van der Waals surface area contributed by atoms with Gasteiger partial charge in [-0.2, -0.15) is 0 Å². The number of nitrogens with zero attached hydrogens (tertiary/aromatic N) is 3. The van der Waals surface area contributed by atoms with E-state index in [-0.39, 0.29) is 24.0 Å². The summed E-state index contributed by atoms with van der Waals surface area (Å²) < 4.78 is 22.1. The van der Waals surface area contributed by atoms with Crippen molar-refractivity contribution in [2.75, 3.05) is 58.8 Å². The number of rotatable bonds is 6. The van der Waals surface area contributed by atoms with E-state index in [9.17, 15) is 18.0 Å². The molecule has 0 atom stereocenters. The van der Waals surface area contributed by atoms with Gasteiger partial charge in [-0.3, -0.25) is 9.59 Å². The average molecular weight is 319 g/mol. The fourth-order valence-electron chi connectivity index (χ4n) is 2.11. The lowest BCUT2D eigenvalue weighted by molar-refractivity contribution is -0.139. The first-order valence-corrected chi connectivity index (χ1v) is 9.13. The first kappa shape index (κ1) is 17.9. The number of carbonyl (C=O) groups is 2. The molecule has 0 N–H and O–H groups in total. The van der Waals surface area contributed by atoms with Crippen molar-refractivity contribution in [1.29, 1.82) is 0 Å². The van der Waals surface area contributed by atoms with Gasteiger partial charge in [-0.1, -0.05) is 0 Å². The minimum absolute atomic E-state index is 0.0212. The molecule has 0 unspecified atom stereocenters. The molecule has 1 aliphatic heterocycles. The summed E-state index contributed by atoms with van der Waals surface area (Å²) in [5.74, 6) is -0.166. The summed E-state index contributed by atoms with van der Waals surface area (Å²) in [6, 6.07) is 0. The van der Waals surface area contributed by atoms with Crippen molar-refractivity contribution in [3.8, 4) is 0 Å². The number of hydrogen-bond acceptors (Lipinski definition) is 5. The zero-order valence-corrected chi connectivity index (χ0v) is 13.9. The van der Waals surface area contributed by atoms with Crippen LogP contribution in [0.2, 0.25) is 0 Å². The first-order valence-electron chi connectivity index (χ1n) is 7.07. The lowest BCUT2D eigenvalue weighted by Crippen LogP contribution is -2.51. The van der Waals surface area contributed by atoms with E-state index in [2.05, 4.69) is 0 Å². The summed E-state index contributed by atoms with van der Waals surface area (Å²) >= 11 is 0. The number of sulfone groups is 1. The van der Waals surface area contributed by atoms with E-state index in [4.69, 9.17) is 0 Å². The van der Waals surface area contributed by atoms with Crippen LogP contribution in [0.25, 0.3) is 0 Å². The smallest absolute Gasteiger partial charge is 0.223 e. The number of hydrogen-bond donors (Lipinski definition) is 0. The molecule has 1 aliphatic rings. The predicted octanol–water partition coefficient (Wildman–Crippen LogP) is -0.956. The van der Waals surface area contributed by atoms with E-state index < -0.39 is 9.84 Å². The van der Waals surface area contributed by atoms with Gasteiger partial charge in [0.25, 0.3) is 0 Å². The number of amides is 2. The number of piperazine rings is 1. The van der Waals surface area contributed by atoms with Gasteiger partial charge in [0.15, 0.2) is 0 Å². The van der Waals surface area contributed by atoms with Crippen LogP contribution in [0.5, 0.6) is 0 Å². The lowest BCUT2D eigenvalue weighted by atomic mass is 10.2. The van der Waals surface area contributed by atoms with Crippen LogP contribution in [0.4, 0.5) is 0 Å². The van der Waals surface area contributed by atoms with Gasteiger partial charge in [0, 0.05) is 51.8 Å². The van der Waals surface area contributed by atoms with Crippen LogP contribution in [-0.4, -0.2) is 93.8 Å². The second-order valence-electron chi connectivity index (χ2n) is 5.69. The predicted molar refractivity (Wildman–Crippen MR) is 80.7 cm³/mol. The SMILES string of the molecule is CN(C)CCC(=O)N1CCN(C(=O)CCS(C)(=O)=O)CC1. The van der Waals surface area contributed by atoms with E-state index in [1.165, 1.54) is 0 Å². The van der Waals surface area contributed by atoms with Gasteiger partial charge in [-0.25, -0.2) is 8.42 Å². The standard InChI is InChI=1S/C13H25N3O4S/c1-14(2)6-4-12(17)15-7-9-16(10-8-15)13(18)5-11-21(3,19)20/h4-11H2,1-3H3. The van der Waals surface area contributed by atoms with Crippen LogP contribution < -0.4 is 0 Å². The number of carbonyl (C=O) groups excluding carboxylic acids is 2. The second-order valence-corrected chi connectivity index (χ2v) is 7.95. The van der Waals surface area contributed by atoms with Crippen molar-refractivity contribution < 1.29 is 18.0 Å². The van der Waals surface area contributed by atoms with Crippen molar-refractivity contribution in [2.45, 2.75) is 12.8 Å². The Kier molecular flexibility index (Phi) is 6.60. The molecule has 0 aromatic rings. The Hall–Kier alpha value is -1.15. The van der Waals surface area contributed by atoms with Crippen molar-refractivity contribution in [1.82, 2.24) is 14.7 Å². The molecule has 1 saturated heterocycles. The van der Waals surface area contributed by atoms with E-state index in [1.807, 2.05) is 19.0 Å². The maximum absolute atomic E-state index is 12.0. The van der Waals surface area contributed by atoms with Crippen molar-refractivity contribution in [3.63, 3.8) is 0 Å². The van der Waals surface area contributed by atoms with Gasteiger partial charge < -0.3 is 14.7 Å². The molecule has 0 saturated carbocycles. The Morgan fingerprint density at radius 1 is 0.952 bits per heavy atom. The minimum Gasteiger partial charge on any atom is -0.339 e. The highest BCUT2D eigenvalue weighted by Gasteiger charge is 2.24. The highest BCUT2D eigenvalue weighted by atomic mass is 32.2. The molecule has 0 spiro atoms. The highest BCUT2D eigenvalue weighted by molar-refractivity contribution is 7.90. The molecule has 1 heterocycles. The molecule has 1 fully saturated rings. The molecule has 0 aromatic heterocycles. The zero-order chi connectivity index (χ0) is 16.0. The van der Waals surface area contributed by atoms with E-state index in [0.29, 0.717) is 39.1 Å². The molecule has 2 amide bonds. The maximum Gasteiger partial charge on any atom is 0.223 e. The van der Waals surface area contributed by atoms with Gasteiger partial charge in [-0.15, -0.1) is 0 Å². The van der Waals surface area contributed by atoms with Crippen LogP contribution >= 0.6 is 0 Å². The van der Waals surface area contributed by atoms with Crippen LogP contribution in [0.1, 0.15) is 12.8 Å². The molecule has 0 aromatic carbocycles. The van der Waals surface area contributed by atoms with Crippen LogP contribution in [0.3, 0.4) is 0 Å². The second kappa shape index (κ2) is 7.74. The normalized spacial score (nSPS) is 16.4. The third kappa shape index (κ3) is 6.90. The monoisotopic (exact) mass is 319 g/mol. The van der Waals surface area contributed by atoms with E-state index >= 15 is 0 Å².